The summed E-state index contributed by atoms with van der Waals surface area (Å²) in [6.45, 7) is 7.50. The van der Waals surface area contributed by atoms with Crippen molar-refractivity contribution in [1.82, 2.24) is 25.1 Å². The fourth-order valence-electron chi connectivity index (χ4n) is 3.45. The molecule has 5 nitrogen and oxygen atoms in total. The molecule has 1 unspecified atom stereocenters. The van der Waals surface area contributed by atoms with Gasteiger partial charge in [-0.3, -0.25) is 0 Å². The van der Waals surface area contributed by atoms with Crippen LogP contribution in [0, 0.1) is 18.8 Å². The van der Waals surface area contributed by atoms with E-state index in [1.807, 2.05) is 6.92 Å². The van der Waals surface area contributed by atoms with E-state index in [1.54, 1.807) is 11.3 Å². The summed E-state index contributed by atoms with van der Waals surface area (Å²) in [5, 5.41) is 11.3. The van der Waals surface area contributed by atoms with Gasteiger partial charge < -0.3 is 5.32 Å². The highest BCUT2D eigenvalue weighted by molar-refractivity contribution is 7.09. The Hall–Kier alpha value is -1.27. The summed E-state index contributed by atoms with van der Waals surface area (Å²) in [7, 11) is 0. The van der Waals surface area contributed by atoms with Gasteiger partial charge >= 0.3 is 0 Å². The second kappa shape index (κ2) is 5.18. The quantitative estimate of drug-likeness (QED) is 0.922. The number of aromatic nitrogens is 4. The maximum absolute atomic E-state index is 4.86. The number of nitrogens with one attached hydrogen (secondary N) is 1. The molecule has 1 saturated heterocycles. The van der Waals surface area contributed by atoms with Gasteiger partial charge in [0, 0.05) is 17.8 Å². The second-order valence-electron chi connectivity index (χ2n) is 6.13. The average Bonchev–Trinajstić information content (AvgIpc) is 2.94. The number of thiazole rings is 1. The van der Waals surface area contributed by atoms with Gasteiger partial charge in [-0.1, -0.05) is 13.3 Å². The van der Waals surface area contributed by atoms with Crippen molar-refractivity contribution in [2.75, 3.05) is 13.1 Å². The lowest BCUT2D eigenvalue weighted by atomic mass is 10.2. The van der Waals surface area contributed by atoms with Crippen molar-refractivity contribution in [3.63, 3.8) is 0 Å². The minimum atomic E-state index is 0.615. The van der Waals surface area contributed by atoms with E-state index in [-0.39, 0.29) is 0 Å². The summed E-state index contributed by atoms with van der Waals surface area (Å²) in [5.74, 6) is 4.17. The van der Waals surface area contributed by atoms with Crippen LogP contribution >= 0.6 is 11.3 Å². The number of fused-ring (bicyclic) bond motifs is 1. The van der Waals surface area contributed by atoms with Gasteiger partial charge in [0.2, 0.25) is 5.82 Å². The van der Waals surface area contributed by atoms with Crippen molar-refractivity contribution in [3.8, 4) is 11.5 Å². The molecule has 0 spiro atoms. The van der Waals surface area contributed by atoms with E-state index in [1.165, 1.54) is 12.2 Å². The molecule has 2 aliphatic rings. The van der Waals surface area contributed by atoms with Crippen LogP contribution in [0.25, 0.3) is 11.5 Å². The molecule has 0 bridgehead atoms. The molecule has 0 amide bonds. The Morgan fingerprint density at radius 2 is 2.14 bits per heavy atom. The van der Waals surface area contributed by atoms with E-state index in [9.17, 15) is 0 Å². The third-order valence-corrected chi connectivity index (χ3v) is 5.44. The minimum Gasteiger partial charge on any atom is -0.316 e. The second-order valence-corrected chi connectivity index (χ2v) is 7.20. The first-order valence-corrected chi connectivity index (χ1v) is 8.74. The third-order valence-electron chi connectivity index (χ3n) is 4.66. The normalized spacial score (nSPS) is 27.0. The first kappa shape index (κ1) is 13.4. The monoisotopic (exact) mass is 303 g/mol. The maximum atomic E-state index is 4.86. The number of rotatable bonds is 5. The number of hydrogen-bond donors (Lipinski definition) is 1. The van der Waals surface area contributed by atoms with Gasteiger partial charge in [0.05, 0.1) is 5.01 Å². The topological polar surface area (TPSA) is 55.6 Å². The molecular formula is C15H21N5S. The van der Waals surface area contributed by atoms with Gasteiger partial charge in [-0.2, -0.15) is 0 Å². The lowest BCUT2D eigenvalue weighted by Crippen LogP contribution is -2.16. The van der Waals surface area contributed by atoms with Crippen LogP contribution in [0.5, 0.6) is 0 Å². The summed E-state index contributed by atoms with van der Waals surface area (Å²) in [6, 6.07) is 0. The van der Waals surface area contributed by atoms with Crippen molar-refractivity contribution >= 4 is 11.3 Å². The zero-order valence-corrected chi connectivity index (χ0v) is 13.4. The fourth-order valence-corrected chi connectivity index (χ4v) is 4.04. The van der Waals surface area contributed by atoms with Crippen LogP contribution in [-0.4, -0.2) is 32.8 Å². The molecule has 1 N–H and O–H groups in total. The fraction of sp³-hybridized carbons (Fsp3) is 0.667. The van der Waals surface area contributed by atoms with Gasteiger partial charge in [-0.15, -0.1) is 16.4 Å². The predicted octanol–water partition coefficient (Wildman–Crippen LogP) is 2.44. The van der Waals surface area contributed by atoms with Crippen molar-refractivity contribution in [3.05, 3.63) is 16.2 Å². The van der Waals surface area contributed by atoms with Crippen LogP contribution in [0.4, 0.5) is 0 Å². The molecule has 3 atom stereocenters. The summed E-state index contributed by atoms with van der Waals surface area (Å²) in [6.07, 6.45) is 2.34. The van der Waals surface area contributed by atoms with E-state index in [4.69, 9.17) is 10.1 Å². The molecule has 2 aromatic rings. The zero-order chi connectivity index (χ0) is 14.4. The Kier molecular flexibility index (Phi) is 3.30. The van der Waals surface area contributed by atoms with E-state index in [0.717, 1.165) is 54.4 Å². The molecule has 6 heteroatoms. The van der Waals surface area contributed by atoms with Crippen LogP contribution in [-0.2, 0) is 6.54 Å². The molecule has 2 fully saturated rings. The first-order valence-electron chi connectivity index (χ1n) is 7.86. The van der Waals surface area contributed by atoms with E-state index in [0.29, 0.717) is 5.92 Å². The molecule has 4 rings (SSSR count). The average molecular weight is 303 g/mol. The van der Waals surface area contributed by atoms with Gasteiger partial charge in [0.1, 0.15) is 11.5 Å². The Morgan fingerprint density at radius 1 is 1.33 bits per heavy atom. The smallest absolute Gasteiger partial charge is 0.200 e. The van der Waals surface area contributed by atoms with Gasteiger partial charge in [0.25, 0.3) is 0 Å². The van der Waals surface area contributed by atoms with Gasteiger partial charge in [-0.25, -0.2) is 14.6 Å². The molecule has 1 saturated carbocycles. The predicted molar refractivity (Wildman–Crippen MR) is 83.4 cm³/mol. The van der Waals surface area contributed by atoms with E-state index < -0.39 is 0 Å². The van der Waals surface area contributed by atoms with Crippen LogP contribution < -0.4 is 5.32 Å². The Labute approximate surface area is 128 Å². The molecule has 1 aliphatic heterocycles. The van der Waals surface area contributed by atoms with Crippen molar-refractivity contribution < 1.29 is 0 Å². The number of hydrogen-bond acceptors (Lipinski definition) is 5. The van der Waals surface area contributed by atoms with Crippen LogP contribution in [0.2, 0.25) is 0 Å². The zero-order valence-electron chi connectivity index (χ0n) is 12.5. The highest BCUT2D eigenvalue weighted by Gasteiger charge is 2.55. The number of piperidine rings is 1. The molecule has 0 aromatic carbocycles. The molecule has 112 valence electrons. The third kappa shape index (κ3) is 2.30. The lowest BCUT2D eigenvalue weighted by molar-refractivity contribution is 0.528. The minimum absolute atomic E-state index is 0.615. The lowest BCUT2D eigenvalue weighted by Gasteiger charge is -2.06. The summed E-state index contributed by atoms with van der Waals surface area (Å²) >= 11 is 1.66. The Morgan fingerprint density at radius 3 is 2.81 bits per heavy atom. The maximum Gasteiger partial charge on any atom is 0.200 e. The summed E-state index contributed by atoms with van der Waals surface area (Å²) < 4.78 is 2.15. The van der Waals surface area contributed by atoms with Crippen molar-refractivity contribution in [1.29, 1.82) is 0 Å². The SMILES string of the molecule is CCCCn1nc(-c2csc(C)n2)nc1C1[C@H]2CNC[C@@H]12. The first-order chi connectivity index (χ1) is 10.3. The van der Waals surface area contributed by atoms with E-state index >= 15 is 0 Å². The van der Waals surface area contributed by atoms with Crippen LogP contribution in [0.15, 0.2) is 5.38 Å². The summed E-state index contributed by atoms with van der Waals surface area (Å²) in [4.78, 5) is 9.39. The van der Waals surface area contributed by atoms with Crippen molar-refractivity contribution in [2.24, 2.45) is 11.8 Å². The molecule has 3 heterocycles. The number of unbranched alkanes of at least 4 members (excludes halogenated alkanes) is 1. The Bertz CT molecular complexity index is 636. The standard InChI is InChI=1S/C15H21N5S/c1-3-4-5-20-15(13-10-6-16-7-11(10)13)18-14(19-20)12-8-21-9(2)17-12/h8,10-11,13,16H,3-7H2,1-2H3/t10-,11+,13?. The summed E-state index contributed by atoms with van der Waals surface area (Å²) in [5.41, 5.74) is 0.929. The molecule has 21 heavy (non-hydrogen) atoms. The number of nitrogens with zero attached hydrogens (tertiary/aromatic N) is 4. The highest BCUT2D eigenvalue weighted by Crippen LogP contribution is 2.55. The van der Waals surface area contributed by atoms with E-state index in [2.05, 4.69) is 27.3 Å². The highest BCUT2D eigenvalue weighted by atomic mass is 32.1. The van der Waals surface area contributed by atoms with Gasteiger partial charge in [0.15, 0.2) is 0 Å². The van der Waals surface area contributed by atoms with Crippen LogP contribution in [0.1, 0.15) is 36.5 Å². The molecule has 2 aromatic heterocycles. The molecule has 0 radical (unpaired) electrons. The van der Waals surface area contributed by atoms with Crippen LogP contribution in [0.3, 0.4) is 0 Å². The largest absolute Gasteiger partial charge is 0.316 e. The van der Waals surface area contributed by atoms with Crippen molar-refractivity contribution in [2.45, 2.75) is 39.2 Å². The van der Waals surface area contributed by atoms with Gasteiger partial charge in [-0.05, 0) is 38.3 Å². The number of aryl methyl sites for hydroxylation is 2. The molecule has 1 aliphatic carbocycles. The Balaban J connectivity index is 1.65. The molecular weight excluding hydrogens is 282 g/mol.